The number of carbonyl (C=O) groups is 1. The molecule has 2 aromatic carbocycles. The van der Waals surface area contributed by atoms with E-state index in [2.05, 4.69) is 48.5 Å². The van der Waals surface area contributed by atoms with Gasteiger partial charge in [0.25, 0.3) is 5.91 Å². The van der Waals surface area contributed by atoms with Gasteiger partial charge in [-0.05, 0) is 86.9 Å². The van der Waals surface area contributed by atoms with Crippen LogP contribution in [0.5, 0.6) is 0 Å². The Labute approximate surface area is 173 Å². The Morgan fingerprint density at radius 3 is 2.45 bits per heavy atom. The van der Waals surface area contributed by atoms with Gasteiger partial charge in [0.2, 0.25) is 0 Å². The summed E-state index contributed by atoms with van der Waals surface area (Å²) in [5.74, 6) is -0.0344. The van der Waals surface area contributed by atoms with E-state index in [0.29, 0.717) is 12.1 Å². The molecule has 4 heteroatoms. The molecule has 1 aliphatic rings. The topological polar surface area (TPSA) is 46.9 Å². The summed E-state index contributed by atoms with van der Waals surface area (Å²) in [6, 6.07) is 16.5. The molecule has 0 aliphatic heterocycles. The highest BCUT2D eigenvalue weighted by Crippen LogP contribution is 2.25. The molecule has 4 nitrogen and oxygen atoms in total. The van der Waals surface area contributed by atoms with Crippen molar-refractivity contribution in [2.45, 2.75) is 59.0 Å². The normalized spacial score (nSPS) is 14.3. The highest BCUT2D eigenvalue weighted by Gasteiger charge is 2.15. The molecule has 1 heterocycles. The van der Waals surface area contributed by atoms with E-state index in [-0.39, 0.29) is 11.9 Å². The fourth-order valence-electron chi connectivity index (χ4n) is 4.16. The molecule has 3 aromatic rings. The van der Waals surface area contributed by atoms with E-state index < -0.39 is 0 Å². The third-order valence-corrected chi connectivity index (χ3v) is 5.87. The summed E-state index contributed by atoms with van der Waals surface area (Å²) in [5.41, 5.74) is 8.08. The second-order valence-corrected chi connectivity index (χ2v) is 8.21. The minimum atomic E-state index is -0.0344. The van der Waals surface area contributed by atoms with E-state index in [4.69, 9.17) is 0 Å². The molecule has 29 heavy (non-hydrogen) atoms. The van der Waals surface area contributed by atoms with Gasteiger partial charge in [0, 0.05) is 11.3 Å². The van der Waals surface area contributed by atoms with Crippen LogP contribution in [0.1, 0.15) is 69.8 Å². The highest BCUT2D eigenvalue weighted by molar-refractivity contribution is 5.94. The quantitative estimate of drug-likeness (QED) is 0.676. The van der Waals surface area contributed by atoms with E-state index in [1.165, 1.54) is 36.0 Å². The van der Waals surface area contributed by atoms with Crippen molar-refractivity contribution in [3.05, 3.63) is 87.7 Å². The number of benzene rings is 2. The maximum absolute atomic E-state index is 12.7. The van der Waals surface area contributed by atoms with Crippen LogP contribution < -0.4 is 5.32 Å². The van der Waals surface area contributed by atoms with E-state index in [9.17, 15) is 4.79 Å². The lowest BCUT2D eigenvalue weighted by Gasteiger charge is -2.20. The predicted octanol–water partition coefficient (Wildman–Crippen LogP) is 4.92. The standard InChI is InChI=1S/C25H29N3O/c1-17-14-18(2)28(27-17)16-20-8-10-22(11-9-20)25(29)26-19(3)23-13-12-21-6-4-5-7-24(21)15-23/h8-15,19H,4-7,16H2,1-3H3,(H,26,29)/t19-/m0/s1. The van der Waals surface area contributed by atoms with Crippen LogP contribution in [0.2, 0.25) is 0 Å². The molecule has 0 spiro atoms. The Morgan fingerprint density at radius 1 is 1.03 bits per heavy atom. The first-order chi connectivity index (χ1) is 14.0. The molecule has 0 saturated heterocycles. The zero-order chi connectivity index (χ0) is 20.4. The molecule has 0 radical (unpaired) electrons. The number of hydrogen-bond acceptors (Lipinski definition) is 2. The number of aryl methyl sites for hydroxylation is 4. The second-order valence-electron chi connectivity index (χ2n) is 8.21. The Kier molecular flexibility index (Phi) is 5.52. The Morgan fingerprint density at radius 2 is 1.76 bits per heavy atom. The summed E-state index contributed by atoms with van der Waals surface area (Å²) in [6.07, 6.45) is 4.89. The van der Waals surface area contributed by atoms with Gasteiger partial charge in [0.1, 0.15) is 0 Å². The van der Waals surface area contributed by atoms with Crippen LogP contribution in [0.15, 0.2) is 48.5 Å². The van der Waals surface area contributed by atoms with E-state index >= 15 is 0 Å². The van der Waals surface area contributed by atoms with Gasteiger partial charge in [0.15, 0.2) is 0 Å². The number of aromatic nitrogens is 2. The molecule has 1 atom stereocenters. The maximum atomic E-state index is 12.7. The first kappa shape index (κ1) is 19.4. The van der Waals surface area contributed by atoms with E-state index in [0.717, 1.165) is 23.4 Å². The summed E-state index contributed by atoms with van der Waals surface area (Å²) in [5, 5.41) is 7.65. The summed E-state index contributed by atoms with van der Waals surface area (Å²) >= 11 is 0. The summed E-state index contributed by atoms with van der Waals surface area (Å²) in [7, 11) is 0. The molecular weight excluding hydrogens is 358 g/mol. The molecular formula is C25H29N3O. The summed E-state index contributed by atoms with van der Waals surface area (Å²) in [6.45, 7) is 6.83. The van der Waals surface area contributed by atoms with Gasteiger partial charge in [-0.3, -0.25) is 9.48 Å². The van der Waals surface area contributed by atoms with Crippen molar-refractivity contribution in [2.24, 2.45) is 0 Å². The van der Waals surface area contributed by atoms with Crippen LogP contribution in [-0.4, -0.2) is 15.7 Å². The van der Waals surface area contributed by atoms with Crippen LogP contribution in [-0.2, 0) is 19.4 Å². The number of nitrogens with zero attached hydrogens (tertiary/aromatic N) is 2. The zero-order valence-electron chi connectivity index (χ0n) is 17.5. The molecule has 1 aliphatic carbocycles. The van der Waals surface area contributed by atoms with E-state index in [1.54, 1.807) is 0 Å². The molecule has 150 valence electrons. The number of hydrogen-bond donors (Lipinski definition) is 1. The van der Waals surface area contributed by atoms with Crippen LogP contribution in [0, 0.1) is 13.8 Å². The van der Waals surface area contributed by atoms with Crippen molar-refractivity contribution in [3.63, 3.8) is 0 Å². The minimum absolute atomic E-state index is 0.0101. The Balaban J connectivity index is 1.41. The summed E-state index contributed by atoms with van der Waals surface area (Å²) < 4.78 is 1.99. The number of fused-ring (bicyclic) bond motifs is 1. The largest absolute Gasteiger partial charge is 0.346 e. The highest BCUT2D eigenvalue weighted by atomic mass is 16.1. The van der Waals surface area contributed by atoms with Crippen molar-refractivity contribution in [1.82, 2.24) is 15.1 Å². The third kappa shape index (κ3) is 4.42. The van der Waals surface area contributed by atoms with Gasteiger partial charge in [-0.25, -0.2) is 0 Å². The van der Waals surface area contributed by atoms with Crippen LogP contribution in [0.4, 0.5) is 0 Å². The lowest BCUT2D eigenvalue weighted by molar-refractivity contribution is 0.0940. The first-order valence-corrected chi connectivity index (χ1v) is 10.5. The first-order valence-electron chi connectivity index (χ1n) is 10.5. The van der Waals surface area contributed by atoms with Crippen LogP contribution >= 0.6 is 0 Å². The van der Waals surface area contributed by atoms with Gasteiger partial charge in [-0.1, -0.05) is 30.3 Å². The van der Waals surface area contributed by atoms with Crippen LogP contribution in [0.3, 0.4) is 0 Å². The van der Waals surface area contributed by atoms with Gasteiger partial charge < -0.3 is 5.32 Å². The monoisotopic (exact) mass is 387 g/mol. The molecule has 0 bridgehead atoms. The lowest BCUT2D eigenvalue weighted by atomic mass is 9.89. The average molecular weight is 388 g/mol. The van der Waals surface area contributed by atoms with Crippen LogP contribution in [0.25, 0.3) is 0 Å². The van der Waals surface area contributed by atoms with Gasteiger partial charge in [-0.15, -0.1) is 0 Å². The number of carbonyl (C=O) groups excluding carboxylic acids is 1. The number of amides is 1. The fourth-order valence-corrected chi connectivity index (χ4v) is 4.16. The van der Waals surface area contributed by atoms with Crippen molar-refractivity contribution >= 4 is 5.91 Å². The van der Waals surface area contributed by atoms with Gasteiger partial charge >= 0.3 is 0 Å². The van der Waals surface area contributed by atoms with E-state index in [1.807, 2.05) is 35.9 Å². The Hall–Kier alpha value is -2.88. The molecule has 1 aromatic heterocycles. The molecule has 0 unspecified atom stereocenters. The van der Waals surface area contributed by atoms with Gasteiger partial charge in [0.05, 0.1) is 18.3 Å². The average Bonchev–Trinajstić information content (AvgIpc) is 3.04. The van der Waals surface area contributed by atoms with Crippen molar-refractivity contribution in [2.75, 3.05) is 0 Å². The van der Waals surface area contributed by atoms with Crippen molar-refractivity contribution < 1.29 is 4.79 Å². The predicted molar refractivity (Wildman–Crippen MR) is 116 cm³/mol. The minimum Gasteiger partial charge on any atom is -0.346 e. The molecule has 0 saturated carbocycles. The summed E-state index contributed by atoms with van der Waals surface area (Å²) in [4.78, 5) is 12.7. The SMILES string of the molecule is Cc1cc(C)n(Cc2ccc(C(=O)N[C@@H](C)c3ccc4c(c3)CCCC4)cc2)n1. The van der Waals surface area contributed by atoms with Crippen molar-refractivity contribution in [3.8, 4) is 0 Å². The maximum Gasteiger partial charge on any atom is 0.251 e. The fraction of sp³-hybridized carbons (Fsp3) is 0.360. The molecule has 1 N–H and O–H groups in total. The Bertz CT molecular complexity index is 1020. The van der Waals surface area contributed by atoms with Gasteiger partial charge in [-0.2, -0.15) is 5.10 Å². The molecule has 0 fully saturated rings. The third-order valence-electron chi connectivity index (χ3n) is 5.87. The second kappa shape index (κ2) is 8.24. The number of nitrogens with one attached hydrogen (secondary N) is 1. The number of rotatable bonds is 5. The molecule has 4 rings (SSSR count). The smallest absolute Gasteiger partial charge is 0.251 e. The van der Waals surface area contributed by atoms with Crippen molar-refractivity contribution in [1.29, 1.82) is 0 Å². The zero-order valence-corrected chi connectivity index (χ0v) is 17.5. The lowest BCUT2D eigenvalue weighted by Crippen LogP contribution is -2.26. The molecule has 1 amide bonds.